The van der Waals surface area contributed by atoms with E-state index in [0.29, 0.717) is 0 Å². The Labute approximate surface area is 89.1 Å². The summed E-state index contributed by atoms with van der Waals surface area (Å²) < 4.78 is 0. The van der Waals surface area contributed by atoms with Crippen LogP contribution in [0.3, 0.4) is 0 Å². The summed E-state index contributed by atoms with van der Waals surface area (Å²) in [4.78, 5) is 16.8. The van der Waals surface area contributed by atoms with E-state index in [1.807, 2.05) is 0 Å². The van der Waals surface area contributed by atoms with Crippen molar-refractivity contribution in [3.8, 4) is 0 Å². The van der Waals surface area contributed by atoms with Crippen molar-refractivity contribution in [3.05, 3.63) is 0 Å². The number of amides is 1. The molecule has 0 aromatic rings. The molecule has 0 aliphatic carbocycles. The number of fused-ring (bicyclic) bond motifs is 2. The van der Waals surface area contributed by atoms with Gasteiger partial charge in [0.2, 0.25) is 5.91 Å². The maximum atomic E-state index is 11.8. The molecule has 0 saturated carbocycles. The van der Waals surface area contributed by atoms with Gasteiger partial charge < -0.3 is 0 Å². The molecule has 2 bridgehead atoms. The first-order valence-electron chi connectivity index (χ1n) is 5.18. The highest BCUT2D eigenvalue weighted by Crippen LogP contribution is 2.46. The van der Waals surface area contributed by atoms with E-state index in [-0.39, 0.29) is 11.8 Å². The van der Waals surface area contributed by atoms with Crippen molar-refractivity contribution in [2.24, 2.45) is 5.92 Å². The number of hydroxylamine groups is 2. The highest BCUT2D eigenvalue weighted by atomic mass is 32.2. The van der Waals surface area contributed by atoms with Crippen LogP contribution in [-0.2, 0) is 9.63 Å². The maximum Gasteiger partial charge on any atom is 0.249 e. The van der Waals surface area contributed by atoms with Crippen LogP contribution in [0.15, 0.2) is 0 Å². The fourth-order valence-electron chi connectivity index (χ4n) is 2.41. The van der Waals surface area contributed by atoms with Gasteiger partial charge in [0.25, 0.3) is 0 Å². The van der Waals surface area contributed by atoms with E-state index in [1.165, 1.54) is 17.9 Å². The van der Waals surface area contributed by atoms with E-state index in [9.17, 15) is 4.79 Å². The zero-order valence-electron chi connectivity index (χ0n) is 8.73. The minimum atomic E-state index is 0.157. The number of nitrogens with zero attached hydrogens (tertiary/aromatic N) is 1. The van der Waals surface area contributed by atoms with Crippen LogP contribution in [0.5, 0.6) is 0 Å². The molecule has 2 atom stereocenters. The van der Waals surface area contributed by atoms with Gasteiger partial charge in [-0.25, -0.2) is 5.06 Å². The van der Waals surface area contributed by atoms with Crippen LogP contribution < -0.4 is 0 Å². The monoisotopic (exact) mass is 215 g/mol. The van der Waals surface area contributed by atoms with Crippen LogP contribution in [0, 0.1) is 5.92 Å². The molecule has 0 N–H and O–H groups in total. The third-order valence-electron chi connectivity index (χ3n) is 3.22. The standard InChI is InChI=1S/C10H17NO2S/c1-11(13-2)10(12)7-5-8-3-4-9(6-7)14-8/h7-9H,3-6H2,1-2H3. The average molecular weight is 215 g/mol. The lowest BCUT2D eigenvalue weighted by molar-refractivity contribution is -0.173. The topological polar surface area (TPSA) is 29.5 Å². The van der Waals surface area contributed by atoms with Crippen molar-refractivity contribution < 1.29 is 9.63 Å². The molecule has 0 spiro atoms. The van der Waals surface area contributed by atoms with Crippen LogP contribution in [0.1, 0.15) is 25.7 Å². The van der Waals surface area contributed by atoms with Gasteiger partial charge in [-0.05, 0) is 25.7 Å². The molecule has 2 aliphatic rings. The molecule has 0 aromatic heterocycles. The molecule has 2 saturated heterocycles. The van der Waals surface area contributed by atoms with Crippen molar-refractivity contribution in [2.45, 2.75) is 36.2 Å². The van der Waals surface area contributed by atoms with Gasteiger partial charge in [-0.15, -0.1) is 0 Å². The molecule has 1 amide bonds. The predicted octanol–water partition coefficient (Wildman–Crippen LogP) is 1.68. The van der Waals surface area contributed by atoms with Gasteiger partial charge >= 0.3 is 0 Å². The molecule has 2 heterocycles. The van der Waals surface area contributed by atoms with E-state index in [4.69, 9.17) is 4.84 Å². The van der Waals surface area contributed by atoms with Gasteiger partial charge in [-0.2, -0.15) is 11.8 Å². The summed E-state index contributed by atoms with van der Waals surface area (Å²) in [7, 11) is 3.25. The minimum absolute atomic E-state index is 0.157. The quantitative estimate of drug-likeness (QED) is 0.656. The summed E-state index contributed by atoms with van der Waals surface area (Å²) in [6.07, 6.45) is 4.70. The number of carbonyl (C=O) groups excluding carboxylic acids is 1. The maximum absolute atomic E-state index is 11.8. The minimum Gasteiger partial charge on any atom is -0.275 e. The van der Waals surface area contributed by atoms with Crippen molar-refractivity contribution in [1.82, 2.24) is 5.06 Å². The summed E-state index contributed by atoms with van der Waals surface area (Å²) in [5.41, 5.74) is 0. The van der Waals surface area contributed by atoms with E-state index >= 15 is 0 Å². The van der Waals surface area contributed by atoms with Gasteiger partial charge in [0.1, 0.15) is 0 Å². The fourth-order valence-corrected chi connectivity index (χ4v) is 4.18. The number of thioether (sulfide) groups is 1. The molecule has 0 radical (unpaired) electrons. The Balaban J connectivity index is 1.95. The lowest BCUT2D eigenvalue weighted by atomic mass is 9.98. The van der Waals surface area contributed by atoms with Crippen molar-refractivity contribution in [2.75, 3.05) is 14.2 Å². The Morgan fingerprint density at radius 2 is 1.93 bits per heavy atom. The van der Waals surface area contributed by atoms with Crippen LogP contribution in [0.4, 0.5) is 0 Å². The molecular weight excluding hydrogens is 198 g/mol. The largest absolute Gasteiger partial charge is 0.275 e. The van der Waals surface area contributed by atoms with Crippen LogP contribution in [-0.4, -0.2) is 35.6 Å². The average Bonchev–Trinajstić information content (AvgIpc) is 2.55. The normalized spacial score (nSPS) is 35.7. The fraction of sp³-hybridized carbons (Fsp3) is 0.900. The number of carbonyl (C=O) groups is 1. The Hall–Kier alpha value is -0.220. The van der Waals surface area contributed by atoms with Gasteiger partial charge in [-0.3, -0.25) is 9.63 Å². The second-order valence-corrected chi connectivity index (χ2v) is 5.75. The lowest BCUT2D eigenvalue weighted by Gasteiger charge is -2.28. The Kier molecular flexibility index (Phi) is 3.02. The first kappa shape index (κ1) is 10.3. The highest BCUT2D eigenvalue weighted by Gasteiger charge is 2.38. The van der Waals surface area contributed by atoms with Crippen molar-refractivity contribution in [1.29, 1.82) is 0 Å². The zero-order valence-corrected chi connectivity index (χ0v) is 9.55. The molecule has 3 nitrogen and oxygen atoms in total. The third-order valence-corrected chi connectivity index (χ3v) is 4.85. The SMILES string of the molecule is CON(C)C(=O)C1CC2CCC(C1)S2. The number of hydrogen-bond donors (Lipinski definition) is 0. The molecule has 2 aliphatic heterocycles. The van der Waals surface area contributed by atoms with Gasteiger partial charge in [0.15, 0.2) is 0 Å². The van der Waals surface area contributed by atoms with E-state index < -0.39 is 0 Å². The summed E-state index contributed by atoms with van der Waals surface area (Å²) in [5.74, 6) is 0.364. The molecule has 2 unspecified atom stereocenters. The van der Waals surface area contributed by atoms with Crippen LogP contribution >= 0.6 is 11.8 Å². The Bertz CT molecular complexity index is 222. The number of rotatable bonds is 2. The number of hydrogen-bond acceptors (Lipinski definition) is 3. The molecular formula is C10H17NO2S. The molecule has 2 rings (SSSR count). The molecule has 80 valence electrons. The first-order chi connectivity index (χ1) is 6.70. The summed E-state index contributed by atoms with van der Waals surface area (Å²) in [6, 6.07) is 0. The second-order valence-electron chi connectivity index (χ2n) is 4.14. The molecule has 0 aromatic carbocycles. The summed E-state index contributed by atoms with van der Waals surface area (Å²) in [6.45, 7) is 0. The van der Waals surface area contributed by atoms with Crippen molar-refractivity contribution >= 4 is 17.7 Å². The van der Waals surface area contributed by atoms with Gasteiger partial charge in [-0.1, -0.05) is 0 Å². The Morgan fingerprint density at radius 1 is 1.36 bits per heavy atom. The first-order valence-corrected chi connectivity index (χ1v) is 6.12. The van der Waals surface area contributed by atoms with Crippen LogP contribution in [0.2, 0.25) is 0 Å². The lowest BCUT2D eigenvalue weighted by Crippen LogP contribution is -2.35. The third kappa shape index (κ3) is 1.91. The van der Waals surface area contributed by atoms with Gasteiger partial charge in [0, 0.05) is 23.5 Å². The summed E-state index contributed by atoms with van der Waals surface area (Å²) in [5, 5.41) is 2.83. The van der Waals surface area contributed by atoms with E-state index in [2.05, 4.69) is 11.8 Å². The predicted molar refractivity (Wildman–Crippen MR) is 56.9 cm³/mol. The zero-order chi connectivity index (χ0) is 10.1. The highest BCUT2D eigenvalue weighted by molar-refractivity contribution is 8.00. The van der Waals surface area contributed by atoms with E-state index in [0.717, 1.165) is 23.3 Å². The van der Waals surface area contributed by atoms with Crippen LogP contribution in [0.25, 0.3) is 0 Å². The Morgan fingerprint density at radius 3 is 2.43 bits per heavy atom. The van der Waals surface area contributed by atoms with Gasteiger partial charge in [0.05, 0.1) is 7.11 Å². The summed E-state index contributed by atoms with van der Waals surface area (Å²) >= 11 is 2.08. The second kappa shape index (κ2) is 4.11. The smallest absolute Gasteiger partial charge is 0.249 e. The molecule has 2 fully saturated rings. The van der Waals surface area contributed by atoms with Crippen molar-refractivity contribution in [3.63, 3.8) is 0 Å². The molecule has 4 heteroatoms. The molecule has 14 heavy (non-hydrogen) atoms. The van der Waals surface area contributed by atoms with E-state index in [1.54, 1.807) is 14.2 Å².